The highest BCUT2D eigenvalue weighted by Gasteiger charge is 2.28. The van der Waals surface area contributed by atoms with Gasteiger partial charge < -0.3 is 4.74 Å². The molecule has 2 aromatic rings. The number of nitrogens with zero attached hydrogens (tertiary/aromatic N) is 1. The van der Waals surface area contributed by atoms with E-state index in [9.17, 15) is 9.59 Å². The number of amides is 1. The first-order valence-corrected chi connectivity index (χ1v) is 7.27. The normalized spacial score (nSPS) is 13.7. The highest BCUT2D eigenvalue weighted by molar-refractivity contribution is 6.07. The van der Waals surface area contributed by atoms with Crippen molar-refractivity contribution in [2.75, 3.05) is 11.4 Å². The predicted molar refractivity (Wildman–Crippen MR) is 84.1 cm³/mol. The fraction of sp³-hybridized carbons (Fsp3) is 0.222. The maximum Gasteiger partial charge on any atom is 0.414 e. The Morgan fingerprint density at radius 1 is 1.18 bits per heavy atom. The van der Waals surface area contributed by atoms with E-state index in [0.717, 1.165) is 11.1 Å². The van der Waals surface area contributed by atoms with E-state index in [1.54, 1.807) is 4.90 Å². The summed E-state index contributed by atoms with van der Waals surface area (Å²) in [6.45, 7) is 2.52. The molecule has 0 atom stereocenters. The first kappa shape index (κ1) is 14.3. The lowest BCUT2D eigenvalue weighted by molar-refractivity contribution is 0.0977. The van der Waals surface area contributed by atoms with Crippen LogP contribution in [-0.4, -0.2) is 18.4 Å². The Kier molecular flexibility index (Phi) is 3.92. The fourth-order valence-electron chi connectivity index (χ4n) is 2.56. The van der Waals surface area contributed by atoms with Crippen molar-refractivity contribution < 1.29 is 14.3 Å². The molecule has 0 N–H and O–H groups in total. The molecule has 4 heteroatoms. The summed E-state index contributed by atoms with van der Waals surface area (Å²) in [7, 11) is 0. The van der Waals surface area contributed by atoms with Gasteiger partial charge in [-0.2, -0.15) is 0 Å². The lowest BCUT2D eigenvalue weighted by atomic mass is 9.99. The lowest BCUT2D eigenvalue weighted by Gasteiger charge is -2.28. The Hall–Kier alpha value is -2.62. The smallest absolute Gasteiger partial charge is 0.414 e. The van der Waals surface area contributed by atoms with Gasteiger partial charge in [0.25, 0.3) is 0 Å². The molecule has 0 radical (unpaired) electrons. The number of fused-ring (bicyclic) bond motifs is 1. The summed E-state index contributed by atoms with van der Waals surface area (Å²) < 4.78 is 5.37. The molecule has 1 aliphatic rings. The summed E-state index contributed by atoms with van der Waals surface area (Å²) in [6.07, 6.45) is -0.0851. The predicted octanol–water partition coefficient (Wildman–Crippen LogP) is 3.72. The molecule has 3 rings (SSSR count). The van der Waals surface area contributed by atoms with E-state index in [1.165, 1.54) is 0 Å². The molecule has 0 saturated carbocycles. The van der Waals surface area contributed by atoms with Gasteiger partial charge in [-0.05, 0) is 24.6 Å². The molecule has 0 bridgehead atoms. The van der Waals surface area contributed by atoms with Crippen LogP contribution < -0.4 is 4.90 Å². The van der Waals surface area contributed by atoms with Crippen molar-refractivity contribution in [2.24, 2.45) is 0 Å². The molecule has 112 valence electrons. The van der Waals surface area contributed by atoms with Crippen LogP contribution in [0.2, 0.25) is 0 Å². The van der Waals surface area contributed by atoms with E-state index in [-0.39, 0.29) is 12.4 Å². The summed E-state index contributed by atoms with van der Waals surface area (Å²) in [5, 5.41) is 0. The fourth-order valence-corrected chi connectivity index (χ4v) is 2.56. The molecule has 4 nitrogen and oxygen atoms in total. The third-order valence-corrected chi connectivity index (χ3v) is 3.73. The van der Waals surface area contributed by atoms with Crippen LogP contribution >= 0.6 is 0 Å². The Morgan fingerprint density at radius 2 is 1.95 bits per heavy atom. The second-order valence-electron chi connectivity index (χ2n) is 5.39. The highest BCUT2D eigenvalue weighted by atomic mass is 16.6. The van der Waals surface area contributed by atoms with Crippen LogP contribution in [0.5, 0.6) is 0 Å². The lowest BCUT2D eigenvalue weighted by Crippen LogP contribution is -2.37. The number of carbonyl (C=O) groups is 2. The SMILES string of the molecule is Cc1ccc2c(c1)C(=O)CCN2C(=O)OCc1ccccc1. The molecule has 1 heterocycles. The van der Waals surface area contributed by atoms with Crippen LogP contribution in [0.15, 0.2) is 48.5 Å². The number of aryl methyl sites for hydroxylation is 1. The number of carbonyl (C=O) groups excluding carboxylic acids is 2. The molecule has 0 fully saturated rings. The van der Waals surface area contributed by atoms with Gasteiger partial charge in [0.15, 0.2) is 5.78 Å². The summed E-state index contributed by atoms with van der Waals surface area (Å²) >= 11 is 0. The van der Waals surface area contributed by atoms with Gasteiger partial charge in [0.2, 0.25) is 0 Å². The number of ketones is 1. The molecule has 0 spiro atoms. The second kappa shape index (κ2) is 6.02. The second-order valence-corrected chi connectivity index (χ2v) is 5.39. The largest absolute Gasteiger partial charge is 0.444 e. The van der Waals surface area contributed by atoms with Gasteiger partial charge in [0.05, 0.1) is 5.69 Å². The van der Waals surface area contributed by atoms with E-state index >= 15 is 0 Å². The zero-order valence-electron chi connectivity index (χ0n) is 12.4. The number of hydrogen-bond acceptors (Lipinski definition) is 3. The van der Waals surface area contributed by atoms with Gasteiger partial charge >= 0.3 is 6.09 Å². The van der Waals surface area contributed by atoms with Crippen molar-refractivity contribution in [1.29, 1.82) is 0 Å². The molecule has 0 saturated heterocycles. The zero-order valence-corrected chi connectivity index (χ0v) is 12.4. The molecule has 22 heavy (non-hydrogen) atoms. The van der Waals surface area contributed by atoms with Crippen LogP contribution in [0, 0.1) is 6.92 Å². The molecular weight excluding hydrogens is 278 g/mol. The van der Waals surface area contributed by atoms with Gasteiger partial charge in [0, 0.05) is 18.5 Å². The van der Waals surface area contributed by atoms with Gasteiger partial charge in [0.1, 0.15) is 6.61 Å². The highest BCUT2D eigenvalue weighted by Crippen LogP contribution is 2.28. The maximum atomic E-state index is 12.3. The zero-order chi connectivity index (χ0) is 15.5. The minimum atomic E-state index is -0.415. The van der Waals surface area contributed by atoms with Gasteiger partial charge in [-0.25, -0.2) is 4.79 Å². The van der Waals surface area contributed by atoms with E-state index < -0.39 is 6.09 Å². The van der Waals surface area contributed by atoms with Crippen molar-refractivity contribution >= 4 is 17.6 Å². The summed E-state index contributed by atoms with van der Waals surface area (Å²) in [6, 6.07) is 15.1. The van der Waals surface area contributed by atoms with Crippen molar-refractivity contribution in [2.45, 2.75) is 20.0 Å². The standard InChI is InChI=1S/C18H17NO3/c1-13-7-8-16-15(11-13)17(20)9-10-19(16)18(21)22-12-14-5-3-2-4-6-14/h2-8,11H,9-10,12H2,1H3. The van der Waals surface area contributed by atoms with Crippen LogP contribution in [0.4, 0.5) is 10.5 Å². The molecule has 0 unspecified atom stereocenters. The van der Waals surface area contributed by atoms with Gasteiger partial charge in [-0.15, -0.1) is 0 Å². The molecular formula is C18H17NO3. The number of benzene rings is 2. The van der Waals surface area contributed by atoms with Crippen LogP contribution in [-0.2, 0) is 11.3 Å². The van der Waals surface area contributed by atoms with Crippen molar-refractivity contribution in [1.82, 2.24) is 0 Å². The third-order valence-electron chi connectivity index (χ3n) is 3.73. The first-order chi connectivity index (χ1) is 10.6. The molecule has 0 aromatic heterocycles. The number of ether oxygens (including phenoxy) is 1. The molecule has 1 amide bonds. The van der Waals surface area contributed by atoms with Gasteiger partial charge in [-0.3, -0.25) is 9.69 Å². The van der Waals surface area contributed by atoms with E-state index in [0.29, 0.717) is 24.2 Å². The number of hydrogen-bond donors (Lipinski definition) is 0. The first-order valence-electron chi connectivity index (χ1n) is 7.27. The Balaban J connectivity index is 1.77. The molecule has 1 aliphatic heterocycles. The van der Waals surface area contributed by atoms with Gasteiger partial charge in [-0.1, -0.05) is 42.0 Å². The summed E-state index contributed by atoms with van der Waals surface area (Å²) in [5.41, 5.74) is 3.18. The maximum absolute atomic E-state index is 12.3. The summed E-state index contributed by atoms with van der Waals surface area (Å²) in [5.74, 6) is 0.0748. The third kappa shape index (κ3) is 2.86. The van der Waals surface area contributed by atoms with Crippen molar-refractivity contribution in [3.05, 3.63) is 65.2 Å². The topological polar surface area (TPSA) is 46.6 Å². The average Bonchev–Trinajstić information content (AvgIpc) is 2.54. The molecule has 0 aliphatic carbocycles. The number of anilines is 1. The van der Waals surface area contributed by atoms with E-state index in [1.807, 2.05) is 55.5 Å². The molecule has 2 aromatic carbocycles. The minimum absolute atomic E-state index is 0.0748. The van der Waals surface area contributed by atoms with Crippen LogP contribution in [0.3, 0.4) is 0 Å². The Morgan fingerprint density at radius 3 is 2.73 bits per heavy atom. The Labute approximate surface area is 129 Å². The number of rotatable bonds is 2. The van der Waals surface area contributed by atoms with Crippen molar-refractivity contribution in [3.8, 4) is 0 Å². The monoisotopic (exact) mass is 295 g/mol. The minimum Gasteiger partial charge on any atom is -0.444 e. The number of Topliss-reactive ketones (excluding diaryl/α,β-unsaturated/α-hetero) is 1. The summed E-state index contributed by atoms with van der Waals surface area (Å²) in [4.78, 5) is 25.9. The van der Waals surface area contributed by atoms with E-state index in [4.69, 9.17) is 4.74 Å². The Bertz CT molecular complexity index is 710. The van der Waals surface area contributed by atoms with E-state index in [2.05, 4.69) is 0 Å². The van der Waals surface area contributed by atoms with Crippen molar-refractivity contribution in [3.63, 3.8) is 0 Å². The average molecular weight is 295 g/mol. The van der Waals surface area contributed by atoms with Crippen LogP contribution in [0.25, 0.3) is 0 Å². The quantitative estimate of drug-likeness (QED) is 0.848. The van der Waals surface area contributed by atoms with Crippen LogP contribution in [0.1, 0.15) is 27.9 Å².